The van der Waals surface area contributed by atoms with Crippen LogP contribution in [-0.2, 0) is 11.2 Å². The zero-order valence-electron chi connectivity index (χ0n) is 9.53. The minimum Gasteiger partial charge on any atom is -0.481 e. The number of carbonyl (C=O) groups is 1. The highest BCUT2D eigenvalue weighted by Gasteiger charge is 2.57. The Labute approximate surface area is 99.5 Å². The number of fused-ring (bicyclic) bond motifs is 1. The molecule has 17 heavy (non-hydrogen) atoms. The molecule has 2 saturated carbocycles. The Morgan fingerprint density at radius 3 is 2.59 bits per heavy atom. The van der Waals surface area contributed by atoms with Crippen LogP contribution < -0.4 is 0 Å². The molecule has 0 radical (unpaired) electrons. The maximum Gasteiger partial charge on any atom is 0.309 e. The molecule has 2 atom stereocenters. The number of hydrogen-bond acceptors (Lipinski definition) is 1. The van der Waals surface area contributed by atoms with E-state index in [1.807, 2.05) is 0 Å². The number of benzene rings is 1. The number of halogens is 1. The monoisotopic (exact) mass is 234 g/mol. The Morgan fingerprint density at radius 2 is 2.00 bits per heavy atom. The van der Waals surface area contributed by atoms with E-state index in [1.54, 1.807) is 18.2 Å². The van der Waals surface area contributed by atoms with Crippen LogP contribution in [0.5, 0.6) is 0 Å². The number of carboxylic acids is 1. The molecule has 2 nitrogen and oxygen atoms in total. The van der Waals surface area contributed by atoms with Crippen molar-refractivity contribution in [2.24, 2.45) is 17.3 Å². The standard InChI is InChI=1S/C14H15FO2/c15-12-4-2-1-3-9(12)6-14(13(16)17)7-10-5-11(10)8-14/h1-4,10-11H,5-8H2,(H,16,17). The zero-order valence-corrected chi connectivity index (χ0v) is 9.53. The van der Waals surface area contributed by atoms with Crippen molar-refractivity contribution >= 4 is 5.97 Å². The van der Waals surface area contributed by atoms with Gasteiger partial charge in [0.25, 0.3) is 0 Å². The summed E-state index contributed by atoms with van der Waals surface area (Å²) in [4.78, 5) is 11.5. The van der Waals surface area contributed by atoms with Gasteiger partial charge in [-0.15, -0.1) is 0 Å². The predicted octanol–water partition coefficient (Wildman–Crippen LogP) is 2.87. The van der Waals surface area contributed by atoms with Crippen LogP contribution in [0.2, 0.25) is 0 Å². The third kappa shape index (κ3) is 1.74. The molecule has 0 aromatic heterocycles. The molecule has 0 amide bonds. The van der Waals surface area contributed by atoms with Gasteiger partial charge in [-0.2, -0.15) is 0 Å². The van der Waals surface area contributed by atoms with Gasteiger partial charge in [0.1, 0.15) is 5.82 Å². The van der Waals surface area contributed by atoms with Gasteiger partial charge in [-0.1, -0.05) is 18.2 Å². The van der Waals surface area contributed by atoms with Crippen LogP contribution in [0, 0.1) is 23.1 Å². The number of rotatable bonds is 3. The zero-order chi connectivity index (χ0) is 12.0. The van der Waals surface area contributed by atoms with Gasteiger partial charge in [0.05, 0.1) is 5.41 Å². The minimum atomic E-state index is -0.757. The van der Waals surface area contributed by atoms with Gasteiger partial charge < -0.3 is 5.11 Å². The maximum atomic E-state index is 13.6. The smallest absolute Gasteiger partial charge is 0.309 e. The second-order valence-electron chi connectivity index (χ2n) is 5.52. The van der Waals surface area contributed by atoms with Gasteiger partial charge >= 0.3 is 5.97 Å². The molecule has 0 heterocycles. The summed E-state index contributed by atoms with van der Waals surface area (Å²) in [6.07, 6.45) is 2.96. The SMILES string of the molecule is O=C(O)C1(Cc2ccccc2F)CC2CC2C1. The molecule has 1 aromatic carbocycles. The molecule has 0 aliphatic heterocycles. The summed E-state index contributed by atoms with van der Waals surface area (Å²) in [5, 5.41) is 9.43. The average molecular weight is 234 g/mol. The molecule has 0 saturated heterocycles. The van der Waals surface area contributed by atoms with Crippen LogP contribution >= 0.6 is 0 Å². The highest BCUT2D eigenvalue weighted by molar-refractivity contribution is 5.76. The Morgan fingerprint density at radius 1 is 1.35 bits per heavy atom. The molecule has 3 rings (SSSR count). The summed E-state index contributed by atoms with van der Waals surface area (Å²) in [5.74, 6) is 0.123. The first-order chi connectivity index (χ1) is 8.11. The van der Waals surface area contributed by atoms with Gasteiger partial charge in [0.15, 0.2) is 0 Å². The molecular weight excluding hydrogens is 219 g/mol. The van der Waals surface area contributed by atoms with E-state index in [0.29, 0.717) is 23.8 Å². The second kappa shape index (κ2) is 3.56. The Hall–Kier alpha value is -1.38. The molecule has 0 spiro atoms. The highest BCUT2D eigenvalue weighted by atomic mass is 19.1. The van der Waals surface area contributed by atoms with Crippen LogP contribution in [-0.4, -0.2) is 11.1 Å². The van der Waals surface area contributed by atoms with Gasteiger partial charge in [0, 0.05) is 0 Å². The van der Waals surface area contributed by atoms with Crippen LogP contribution in [0.25, 0.3) is 0 Å². The lowest BCUT2D eigenvalue weighted by molar-refractivity contribution is -0.149. The summed E-state index contributed by atoms with van der Waals surface area (Å²) < 4.78 is 13.6. The molecule has 90 valence electrons. The maximum absolute atomic E-state index is 13.6. The van der Waals surface area contributed by atoms with Crippen molar-refractivity contribution in [3.63, 3.8) is 0 Å². The summed E-state index contributed by atoms with van der Waals surface area (Å²) in [6.45, 7) is 0. The number of carboxylic acid groups (broad SMARTS) is 1. The van der Waals surface area contributed by atoms with Crippen molar-refractivity contribution in [3.05, 3.63) is 35.6 Å². The van der Waals surface area contributed by atoms with E-state index in [0.717, 1.165) is 12.8 Å². The van der Waals surface area contributed by atoms with E-state index >= 15 is 0 Å². The van der Waals surface area contributed by atoms with E-state index in [1.165, 1.54) is 12.5 Å². The largest absolute Gasteiger partial charge is 0.481 e. The molecule has 1 N–H and O–H groups in total. The summed E-state index contributed by atoms with van der Waals surface area (Å²) in [6, 6.07) is 6.51. The highest BCUT2D eigenvalue weighted by Crippen LogP contribution is 2.61. The fourth-order valence-corrected chi connectivity index (χ4v) is 3.30. The fourth-order valence-electron chi connectivity index (χ4n) is 3.30. The molecular formula is C14H15FO2. The predicted molar refractivity (Wildman–Crippen MR) is 61.0 cm³/mol. The van der Waals surface area contributed by atoms with Gasteiger partial charge in [-0.05, 0) is 49.1 Å². The van der Waals surface area contributed by atoms with E-state index < -0.39 is 11.4 Å². The molecule has 1 aromatic rings. The van der Waals surface area contributed by atoms with Gasteiger partial charge in [0.2, 0.25) is 0 Å². The first-order valence-electron chi connectivity index (χ1n) is 6.07. The van der Waals surface area contributed by atoms with Crippen LogP contribution in [0.3, 0.4) is 0 Å². The first kappa shape index (κ1) is 10.8. The summed E-state index contributed by atoms with van der Waals surface area (Å²) in [7, 11) is 0. The third-order valence-corrected chi connectivity index (χ3v) is 4.32. The van der Waals surface area contributed by atoms with Gasteiger partial charge in [-0.3, -0.25) is 4.79 Å². The number of aliphatic carboxylic acids is 1. The Bertz CT molecular complexity index is 459. The van der Waals surface area contributed by atoms with E-state index in [9.17, 15) is 14.3 Å². The van der Waals surface area contributed by atoms with Crippen molar-refractivity contribution in [1.82, 2.24) is 0 Å². The first-order valence-corrected chi connectivity index (χ1v) is 6.07. The van der Waals surface area contributed by atoms with Crippen LogP contribution in [0.4, 0.5) is 4.39 Å². The van der Waals surface area contributed by atoms with E-state index in [2.05, 4.69) is 0 Å². The molecule has 3 heteroatoms. The van der Waals surface area contributed by atoms with Crippen LogP contribution in [0.1, 0.15) is 24.8 Å². The lowest BCUT2D eigenvalue weighted by Crippen LogP contribution is -2.32. The Kier molecular flexibility index (Phi) is 2.25. The Balaban J connectivity index is 1.87. The van der Waals surface area contributed by atoms with E-state index in [4.69, 9.17) is 0 Å². The molecule has 0 bridgehead atoms. The van der Waals surface area contributed by atoms with Crippen molar-refractivity contribution in [2.45, 2.75) is 25.7 Å². The lowest BCUT2D eigenvalue weighted by Gasteiger charge is -2.26. The lowest BCUT2D eigenvalue weighted by atomic mass is 9.77. The molecule has 2 aliphatic carbocycles. The van der Waals surface area contributed by atoms with Gasteiger partial charge in [-0.25, -0.2) is 4.39 Å². The van der Waals surface area contributed by atoms with Crippen molar-refractivity contribution in [1.29, 1.82) is 0 Å². The van der Waals surface area contributed by atoms with Crippen molar-refractivity contribution in [2.75, 3.05) is 0 Å². The molecule has 2 fully saturated rings. The fraction of sp³-hybridized carbons (Fsp3) is 0.500. The summed E-state index contributed by atoms with van der Waals surface area (Å²) in [5.41, 5.74) is -0.174. The van der Waals surface area contributed by atoms with Crippen molar-refractivity contribution < 1.29 is 14.3 Å². The number of hydrogen-bond donors (Lipinski definition) is 1. The molecule has 2 aliphatic rings. The second-order valence-corrected chi connectivity index (χ2v) is 5.52. The van der Waals surface area contributed by atoms with E-state index in [-0.39, 0.29) is 5.82 Å². The minimum absolute atomic E-state index is 0.284. The third-order valence-electron chi connectivity index (χ3n) is 4.32. The summed E-state index contributed by atoms with van der Waals surface area (Å²) >= 11 is 0. The topological polar surface area (TPSA) is 37.3 Å². The quantitative estimate of drug-likeness (QED) is 0.873. The molecule has 2 unspecified atom stereocenters. The van der Waals surface area contributed by atoms with Crippen molar-refractivity contribution in [3.8, 4) is 0 Å². The van der Waals surface area contributed by atoms with Crippen LogP contribution in [0.15, 0.2) is 24.3 Å². The normalized spacial score (nSPS) is 34.4. The average Bonchev–Trinajstić information content (AvgIpc) is 2.90.